The Hall–Kier alpha value is -3.22. The molecule has 1 aliphatic carbocycles. The van der Waals surface area contributed by atoms with E-state index < -0.39 is 60.8 Å². The molecule has 0 radical (unpaired) electrons. The van der Waals surface area contributed by atoms with Crippen LogP contribution in [0, 0.1) is 11.8 Å². The Bertz CT molecular complexity index is 1070. The molecule has 45 heavy (non-hydrogen) atoms. The molecule has 13 heteroatoms. The van der Waals surface area contributed by atoms with E-state index in [-0.39, 0.29) is 17.7 Å². The van der Waals surface area contributed by atoms with Gasteiger partial charge in [0.05, 0.1) is 19.0 Å². The second-order valence-corrected chi connectivity index (χ2v) is 13.5. The molecule has 0 aromatic carbocycles. The second kappa shape index (κ2) is 16.9. The van der Waals surface area contributed by atoms with E-state index in [1.165, 1.54) is 16.8 Å². The van der Waals surface area contributed by atoms with Crippen LogP contribution in [0.5, 0.6) is 0 Å². The van der Waals surface area contributed by atoms with Crippen LogP contribution in [0.15, 0.2) is 0 Å². The number of likely N-dealkylation sites (tertiary alicyclic amines) is 2. The minimum absolute atomic E-state index is 0.118. The fourth-order valence-electron chi connectivity index (χ4n) is 6.79. The highest BCUT2D eigenvalue weighted by Gasteiger charge is 2.44. The van der Waals surface area contributed by atoms with E-state index in [4.69, 9.17) is 0 Å². The number of carbonyl (C=O) groups excluding carboxylic acids is 5. The van der Waals surface area contributed by atoms with Crippen LogP contribution >= 0.6 is 0 Å². The van der Waals surface area contributed by atoms with Crippen molar-refractivity contribution in [3.63, 3.8) is 0 Å². The summed E-state index contributed by atoms with van der Waals surface area (Å²) in [6, 6.07) is -3.09. The third kappa shape index (κ3) is 9.88. The molecule has 0 aromatic heterocycles. The number of rotatable bonds is 15. The Morgan fingerprint density at radius 2 is 1.51 bits per heavy atom. The van der Waals surface area contributed by atoms with E-state index in [1.807, 2.05) is 13.8 Å². The molecule has 2 heterocycles. The lowest BCUT2D eigenvalue weighted by Crippen LogP contribution is -2.64. The molecular formula is C32H54N6O7. The number of aliphatic carboxylic acids is 1. The molecule has 4 atom stereocenters. The minimum Gasteiger partial charge on any atom is -0.481 e. The summed E-state index contributed by atoms with van der Waals surface area (Å²) in [5.74, 6) is -2.56. The Balaban J connectivity index is 1.71. The van der Waals surface area contributed by atoms with E-state index in [1.54, 1.807) is 23.9 Å². The molecule has 0 spiro atoms. The summed E-state index contributed by atoms with van der Waals surface area (Å²) < 4.78 is 0. The molecule has 3 aliphatic rings. The zero-order chi connectivity index (χ0) is 33.3. The molecule has 2 aliphatic heterocycles. The molecule has 5 amide bonds. The van der Waals surface area contributed by atoms with Crippen molar-refractivity contribution in [1.82, 2.24) is 30.2 Å². The summed E-state index contributed by atoms with van der Waals surface area (Å²) >= 11 is 0. The predicted octanol–water partition coefficient (Wildman–Crippen LogP) is 1.06. The number of nitrogens with zero attached hydrogens (tertiary/aromatic N) is 4. The molecule has 3 rings (SSSR count). The lowest BCUT2D eigenvalue weighted by Gasteiger charge is -2.44. The molecule has 1 saturated carbocycles. The van der Waals surface area contributed by atoms with Gasteiger partial charge < -0.3 is 35.3 Å². The van der Waals surface area contributed by atoms with E-state index in [9.17, 15) is 33.9 Å². The van der Waals surface area contributed by atoms with Crippen LogP contribution in [0.25, 0.3) is 0 Å². The average molecular weight is 635 g/mol. The first-order valence-electron chi connectivity index (χ1n) is 16.6. The number of carboxylic acids is 1. The van der Waals surface area contributed by atoms with Crippen LogP contribution in [0.2, 0.25) is 0 Å². The SMILES string of the molecule is CN[C@@H](CC(C)C)C(=O)N1CCC1C(=O)N(C)[C@@H](CC1CCCCC1)C(=O)N(C)CC(=O)N[C@@H](CC(=O)O)C(=O)N1CCCC1. The lowest BCUT2D eigenvalue weighted by molar-refractivity contribution is -0.157. The zero-order valence-corrected chi connectivity index (χ0v) is 27.8. The fourth-order valence-corrected chi connectivity index (χ4v) is 6.79. The Morgan fingerprint density at radius 3 is 2.04 bits per heavy atom. The van der Waals surface area contributed by atoms with Crippen molar-refractivity contribution in [2.45, 2.75) is 109 Å². The van der Waals surface area contributed by atoms with Gasteiger partial charge >= 0.3 is 5.97 Å². The van der Waals surface area contributed by atoms with Crippen molar-refractivity contribution in [2.75, 3.05) is 47.3 Å². The van der Waals surface area contributed by atoms with Gasteiger partial charge in [-0.15, -0.1) is 0 Å². The first-order valence-corrected chi connectivity index (χ1v) is 16.6. The molecule has 13 nitrogen and oxygen atoms in total. The summed E-state index contributed by atoms with van der Waals surface area (Å²) in [7, 11) is 4.82. The van der Waals surface area contributed by atoms with E-state index in [2.05, 4.69) is 10.6 Å². The van der Waals surface area contributed by atoms with Gasteiger partial charge in [0.15, 0.2) is 0 Å². The third-order valence-electron chi connectivity index (χ3n) is 9.51. The number of hydrogen-bond acceptors (Lipinski definition) is 7. The van der Waals surface area contributed by atoms with Crippen LogP contribution in [0.4, 0.5) is 0 Å². The van der Waals surface area contributed by atoms with Gasteiger partial charge in [-0.25, -0.2) is 0 Å². The number of nitrogens with one attached hydrogen (secondary N) is 2. The van der Waals surface area contributed by atoms with Gasteiger partial charge in [0.25, 0.3) is 0 Å². The van der Waals surface area contributed by atoms with Crippen molar-refractivity contribution in [3.8, 4) is 0 Å². The summed E-state index contributed by atoms with van der Waals surface area (Å²) in [4.78, 5) is 84.3. The highest BCUT2D eigenvalue weighted by Crippen LogP contribution is 2.30. The van der Waals surface area contributed by atoms with Crippen LogP contribution in [0.1, 0.15) is 84.5 Å². The van der Waals surface area contributed by atoms with Crippen molar-refractivity contribution in [2.24, 2.45) is 11.8 Å². The van der Waals surface area contributed by atoms with Crippen molar-refractivity contribution in [3.05, 3.63) is 0 Å². The molecule has 1 unspecified atom stereocenters. The first-order chi connectivity index (χ1) is 21.3. The number of amides is 5. The molecular weight excluding hydrogens is 580 g/mol. The summed E-state index contributed by atoms with van der Waals surface area (Å²) in [5.41, 5.74) is 0. The highest BCUT2D eigenvalue weighted by molar-refractivity contribution is 5.96. The smallest absolute Gasteiger partial charge is 0.305 e. The third-order valence-corrected chi connectivity index (χ3v) is 9.51. The topological polar surface area (TPSA) is 160 Å². The van der Waals surface area contributed by atoms with Gasteiger partial charge in [-0.2, -0.15) is 0 Å². The van der Waals surface area contributed by atoms with Gasteiger partial charge in [-0.05, 0) is 51.0 Å². The van der Waals surface area contributed by atoms with Crippen molar-refractivity contribution < 1.29 is 33.9 Å². The quantitative estimate of drug-likeness (QED) is 0.241. The maximum absolute atomic E-state index is 13.9. The van der Waals surface area contributed by atoms with Crippen LogP contribution < -0.4 is 10.6 Å². The molecule has 3 fully saturated rings. The van der Waals surface area contributed by atoms with Crippen molar-refractivity contribution in [1.29, 1.82) is 0 Å². The highest BCUT2D eigenvalue weighted by atomic mass is 16.4. The number of carboxylic acid groups (broad SMARTS) is 1. The Morgan fingerprint density at radius 1 is 0.867 bits per heavy atom. The van der Waals surface area contributed by atoms with E-state index >= 15 is 0 Å². The average Bonchev–Trinajstić information content (AvgIpc) is 3.52. The van der Waals surface area contributed by atoms with Crippen LogP contribution in [-0.4, -0.2) is 132 Å². The lowest BCUT2D eigenvalue weighted by atomic mass is 9.84. The number of carbonyl (C=O) groups is 6. The van der Waals surface area contributed by atoms with Crippen molar-refractivity contribution >= 4 is 35.5 Å². The predicted molar refractivity (Wildman–Crippen MR) is 168 cm³/mol. The van der Waals surface area contributed by atoms with Gasteiger partial charge in [-0.3, -0.25) is 28.8 Å². The number of likely N-dealkylation sites (N-methyl/N-ethyl adjacent to an activating group) is 3. The van der Waals surface area contributed by atoms with Crippen LogP contribution in [-0.2, 0) is 28.8 Å². The largest absolute Gasteiger partial charge is 0.481 e. The molecule has 2 saturated heterocycles. The van der Waals surface area contributed by atoms with E-state index in [0.29, 0.717) is 44.8 Å². The van der Waals surface area contributed by atoms with Gasteiger partial charge in [-0.1, -0.05) is 46.0 Å². The van der Waals surface area contributed by atoms with Gasteiger partial charge in [0.1, 0.15) is 18.1 Å². The van der Waals surface area contributed by atoms with Gasteiger partial charge in [0, 0.05) is 33.7 Å². The summed E-state index contributed by atoms with van der Waals surface area (Å²) in [6.45, 7) is 5.21. The van der Waals surface area contributed by atoms with Crippen LogP contribution in [0.3, 0.4) is 0 Å². The summed E-state index contributed by atoms with van der Waals surface area (Å²) in [6.07, 6.45) is 7.89. The molecule has 0 aromatic rings. The maximum atomic E-state index is 13.9. The molecule has 0 bridgehead atoms. The first kappa shape index (κ1) is 36.3. The molecule has 3 N–H and O–H groups in total. The maximum Gasteiger partial charge on any atom is 0.305 e. The zero-order valence-electron chi connectivity index (χ0n) is 27.8. The normalized spacial score (nSPS) is 20.6. The second-order valence-electron chi connectivity index (χ2n) is 13.5. The monoisotopic (exact) mass is 634 g/mol. The molecule has 254 valence electrons. The Labute approximate surface area is 267 Å². The minimum atomic E-state index is -1.22. The standard InChI is InChI=1S/C32H54N6O7/c1-21(2)17-23(33-3)30(43)38-16-13-25(38)32(45)36(5)26(18-22-11-7-6-8-12-22)31(44)35(4)20-27(39)34-24(19-28(40)41)29(42)37-14-9-10-15-37/h21-26,33H,6-20H2,1-5H3,(H,34,39)(H,40,41)/t23-,24-,25?,26-/m0/s1. The fraction of sp³-hybridized carbons (Fsp3) is 0.812. The number of hydrogen-bond donors (Lipinski definition) is 3. The summed E-state index contributed by atoms with van der Waals surface area (Å²) in [5, 5.41) is 15.0. The van der Waals surface area contributed by atoms with Gasteiger partial charge in [0.2, 0.25) is 29.5 Å². The van der Waals surface area contributed by atoms with E-state index in [0.717, 1.165) is 44.9 Å². The Kier molecular flexibility index (Phi) is 13.6.